The first-order valence-corrected chi connectivity index (χ1v) is 6.83. The van der Waals surface area contributed by atoms with Gasteiger partial charge in [0.15, 0.2) is 0 Å². The molecule has 1 saturated heterocycles. The average molecular weight is 261 g/mol. The Morgan fingerprint density at radius 1 is 1.47 bits per heavy atom. The highest BCUT2D eigenvalue weighted by Crippen LogP contribution is 2.23. The average Bonchev–Trinajstić information content (AvgIpc) is 2.83. The lowest BCUT2D eigenvalue weighted by molar-refractivity contribution is -0.0582. The first-order valence-electron chi connectivity index (χ1n) is 6.83. The molecule has 5 heteroatoms. The number of piperidine rings is 1. The van der Waals surface area contributed by atoms with Crippen LogP contribution in [0.25, 0.3) is 0 Å². The van der Waals surface area contributed by atoms with Gasteiger partial charge in [0.05, 0.1) is 12.6 Å². The summed E-state index contributed by atoms with van der Waals surface area (Å²) in [5, 5.41) is 12.2. The Morgan fingerprint density at radius 2 is 2.26 bits per heavy atom. The minimum atomic E-state index is 0.0463. The van der Waals surface area contributed by atoms with E-state index in [0.717, 1.165) is 43.7 Å². The van der Waals surface area contributed by atoms with Crippen molar-refractivity contribution in [2.75, 3.05) is 20.1 Å². The fourth-order valence-corrected chi connectivity index (χ4v) is 2.77. The molecule has 0 radical (unpaired) electrons. The number of rotatable bonds is 2. The Kier molecular flexibility index (Phi) is 3.56. The highest BCUT2D eigenvalue weighted by Gasteiger charge is 2.26. The van der Waals surface area contributed by atoms with Crippen LogP contribution in [0.15, 0.2) is 10.5 Å². The summed E-state index contributed by atoms with van der Waals surface area (Å²) in [6, 6.07) is 3.88. The Bertz CT molecular complexity index is 483. The zero-order valence-corrected chi connectivity index (χ0v) is 11.2. The lowest BCUT2D eigenvalue weighted by atomic mass is 10.1. The summed E-state index contributed by atoms with van der Waals surface area (Å²) in [6.45, 7) is 2.86. The molecule has 1 aromatic heterocycles. The van der Waals surface area contributed by atoms with Crippen LogP contribution < -0.4 is 5.32 Å². The summed E-state index contributed by atoms with van der Waals surface area (Å²) >= 11 is 0. The van der Waals surface area contributed by atoms with Gasteiger partial charge in [-0.3, -0.25) is 5.32 Å². The Hall–Kier alpha value is -1.35. The van der Waals surface area contributed by atoms with Gasteiger partial charge in [-0.1, -0.05) is 0 Å². The van der Waals surface area contributed by atoms with E-state index in [4.69, 9.17) is 14.4 Å². The van der Waals surface area contributed by atoms with Gasteiger partial charge in [-0.15, -0.1) is 0 Å². The highest BCUT2D eigenvalue weighted by molar-refractivity contribution is 5.30. The van der Waals surface area contributed by atoms with E-state index in [2.05, 4.69) is 17.3 Å². The molecule has 0 aromatic carbocycles. The molecule has 1 atom stereocenters. The monoisotopic (exact) mass is 261 g/mol. The summed E-state index contributed by atoms with van der Waals surface area (Å²) in [6.07, 6.45) is 3.36. The lowest BCUT2D eigenvalue weighted by Gasteiger charge is -2.33. The summed E-state index contributed by atoms with van der Waals surface area (Å²) < 4.78 is 11.5. The second-order valence-electron chi connectivity index (χ2n) is 5.38. The van der Waals surface area contributed by atoms with Gasteiger partial charge >= 0.3 is 0 Å². The maximum atomic E-state index is 8.84. The predicted octanol–water partition coefficient (Wildman–Crippen LogP) is 1.23. The number of hydrogen-bond donors (Lipinski definition) is 1. The molecule has 0 bridgehead atoms. The second kappa shape index (κ2) is 5.33. The molecular formula is C14H19N3O2. The number of hydrogen-bond acceptors (Lipinski definition) is 5. The SMILES string of the molecule is CN1CCC(OC2Cc3cc(C#N)oc3CN2)CC1. The number of fused-ring (bicyclic) bond motifs is 1. The minimum Gasteiger partial charge on any atom is -0.449 e. The van der Waals surface area contributed by atoms with E-state index in [0.29, 0.717) is 18.4 Å². The van der Waals surface area contributed by atoms with E-state index in [9.17, 15) is 0 Å². The number of nitriles is 1. The summed E-state index contributed by atoms with van der Waals surface area (Å²) in [5.41, 5.74) is 1.10. The first-order chi connectivity index (χ1) is 9.24. The number of nitrogens with one attached hydrogen (secondary N) is 1. The Balaban J connectivity index is 1.58. The van der Waals surface area contributed by atoms with E-state index in [1.54, 1.807) is 0 Å². The van der Waals surface area contributed by atoms with Gasteiger partial charge in [0.1, 0.15) is 18.1 Å². The molecular weight excluding hydrogens is 242 g/mol. The molecule has 0 amide bonds. The highest BCUT2D eigenvalue weighted by atomic mass is 16.5. The second-order valence-corrected chi connectivity index (χ2v) is 5.38. The molecule has 19 heavy (non-hydrogen) atoms. The van der Waals surface area contributed by atoms with Crippen LogP contribution in [0.2, 0.25) is 0 Å². The molecule has 3 rings (SSSR count). The smallest absolute Gasteiger partial charge is 0.204 e. The fraction of sp³-hybridized carbons (Fsp3) is 0.643. The van der Waals surface area contributed by atoms with Crippen molar-refractivity contribution in [2.45, 2.75) is 38.1 Å². The molecule has 1 N–H and O–H groups in total. The van der Waals surface area contributed by atoms with Crippen molar-refractivity contribution in [3.8, 4) is 6.07 Å². The quantitative estimate of drug-likeness (QED) is 0.867. The Labute approximate surface area is 113 Å². The van der Waals surface area contributed by atoms with Crippen LogP contribution in [0.5, 0.6) is 0 Å². The summed E-state index contributed by atoms with van der Waals surface area (Å²) in [7, 11) is 2.15. The summed E-state index contributed by atoms with van der Waals surface area (Å²) in [4.78, 5) is 2.33. The van der Waals surface area contributed by atoms with Crippen LogP contribution in [-0.4, -0.2) is 37.4 Å². The third kappa shape index (κ3) is 2.81. The van der Waals surface area contributed by atoms with Crippen LogP contribution in [0.3, 0.4) is 0 Å². The number of likely N-dealkylation sites (tertiary alicyclic amines) is 1. The molecule has 102 valence electrons. The zero-order valence-electron chi connectivity index (χ0n) is 11.2. The van der Waals surface area contributed by atoms with Gasteiger partial charge in [-0.05, 0) is 26.0 Å². The van der Waals surface area contributed by atoms with E-state index in [1.165, 1.54) is 0 Å². The lowest BCUT2D eigenvalue weighted by Crippen LogP contribution is -2.43. The van der Waals surface area contributed by atoms with E-state index < -0.39 is 0 Å². The predicted molar refractivity (Wildman–Crippen MR) is 69.4 cm³/mol. The molecule has 1 fully saturated rings. The van der Waals surface area contributed by atoms with Crippen molar-refractivity contribution in [3.05, 3.63) is 23.2 Å². The van der Waals surface area contributed by atoms with Gasteiger partial charge < -0.3 is 14.1 Å². The molecule has 1 unspecified atom stereocenters. The first kappa shape index (κ1) is 12.7. The minimum absolute atomic E-state index is 0.0463. The largest absolute Gasteiger partial charge is 0.449 e. The van der Waals surface area contributed by atoms with Crippen molar-refractivity contribution in [1.82, 2.24) is 10.2 Å². The molecule has 3 heterocycles. The zero-order chi connectivity index (χ0) is 13.2. The van der Waals surface area contributed by atoms with Gasteiger partial charge in [0, 0.05) is 25.1 Å². The maximum Gasteiger partial charge on any atom is 0.204 e. The standard InChI is InChI=1S/C14H19N3O2/c1-17-4-2-11(3-5-17)19-14-7-10-6-12(8-15)18-13(10)9-16-14/h6,11,14,16H,2-5,7,9H2,1H3. The van der Waals surface area contributed by atoms with Gasteiger partial charge in [0.25, 0.3) is 0 Å². The van der Waals surface area contributed by atoms with Crippen molar-refractivity contribution in [1.29, 1.82) is 5.26 Å². The van der Waals surface area contributed by atoms with E-state index in [-0.39, 0.29) is 6.23 Å². The number of ether oxygens (including phenoxy) is 1. The van der Waals surface area contributed by atoms with E-state index >= 15 is 0 Å². The van der Waals surface area contributed by atoms with Crippen molar-refractivity contribution < 1.29 is 9.15 Å². The topological polar surface area (TPSA) is 61.4 Å². The van der Waals surface area contributed by atoms with Crippen molar-refractivity contribution in [3.63, 3.8) is 0 Å². The maximum absolute atomic E-state index is 8.84. The van der Waals surface area contributed by atoms with Crippen LogP contribution in [0.1, 0.15) is 29.9 Å². The third-order valence-electron chi connectivity index (χ3n) is 3.92. The molecule has 0 aliphatic carbocycles. The van der Waals surface area contributed by atoms with Gasteiger partial charge in [0.2, 0.25) is 5.76 Å². The molecule has 0 spiro atoms. The molecule has 2 aliphatic rings. The van der Waals surface area contributed by atoms with E-state index in [1.807, 2.05) is 12.1 Å². The van der Waals surface area contributed by atoms with Crippen LogP contribution in [-0.2, 0) is 17.7 Å². The number of furan rings is 1. The molecule has 5 nitrogen and oxygen atoms in total. The van der Waals surface area contributed by atoms with Gasteiger partial charge in [-0.25, -0.2) is 0 Å². The van der Waals surface area contributed by atoms with Crippen LogP contribution >= 0.6 is 0 Å². The van der Waals surface area contributed by atoms with Gasteiger partial charge in [-0.2, -0.15) is 5.26 Å². The van der Waals surface area contributed by atoms with Crippen molar-refractivity contribution >= 4 is 0 Å². The number of nitrogens with zero attached hydrogens (tertiary/aromatic N) is 2. The Morgan fingerprint density at radius 3 is 3.00 bits per heavy atom. The summed E-state index contributed by atoms with van der Waals surface area (Å²) in [5.74, 6) is 1.27. The fourth-order valence-electron chi connectivity index (χ4n) is 2.77. The molecule has 2 aliphatic heterocycles. The third-order valence-corrected chi connectivity index (χ3v) is 3.92. The molecule has 0 saturated carbocycles. The molecule has 1 aromatic rings. The normalized spacial score (nSPS) is 24.9. The van der Waals surface area contributed by atoms with Crippen LogP contribution in [0.4, 0.5) is 0 Å². The van der Waals surface area contributed by atoms with Crippen molar-refractivity contribution in [2.24, 2.45) is 0 Å². The van der Waals surface area contributed by atoms with Crippen LogP contribution in [0, 0.1) is 11.3 Å².